The first kappa shape index (κ1) is 13.4. The second-order valence-corrected chi connectivity index (χ2v) is 4.59. The van der Waals surface area contributed by atoms with Crippen molar-refractivity contribution in [2.75, 3.05) is 12.4 Å². The van der Waals surface area contributed by atoms with E-state index in [-0.39, 0.29) is 19.0 Å². The Bertz CT molecular complexity index is 458. The second kappa shape index (κ2) is 6.13. The van der Waals surface area contributed by atoms with Crippen molar-refractivity contribution in [3.8, 4) is 0 Å². The number of rotatable bonds is 4. The van der Waals surface area contributed by atoms with Gasteiger partial charge in [-0.2, -0.15) is 11.8 Å². The fourth-order valence-electron chi connectivity index (χ4n) is 1.48. The van der Waals surface area contributed by atoms with E-state index in [1.54, 1.807) is 11.8 Å². The molecule has 2 aromatic rings. The van der Waals surface area contributed by atoms with Crippen LogP contribution in [0.1, 0.15) is 11.4 Å². The number of thioether (sulfide) groups is 1. The van der Waals surface area contributed by atoms with Gasteiger partial charge in [-0.1, -0.05) is 6.07 Å². The number of aryl methyl sites for hydroxylation is 1. The topological polar surface area (TPSA) is 48.9 Å². The van der Waals surface area contributed by atoms with Crippen LogP contribution >= 0.6 is 24.2 Å². The minimum atomic E-state index is 0. The van der Waals surface area contributed by atoms with Gasteiger partial charge in [-0.15, -0.1) is 12.4 Å². The maximum atomic E-state index is 8.67. The molecule has 1 aromatic heterocycles. The Morgan fingerprint density at radius 1 is 1.44 bits per heavy atom. The summed E-state index contributed by atoms with van der Waals surface area (Å²) in [5.74, 6) is 2.57. The summed E-state index contributed by atoms with van der Waals surface area (Å²) in [6.45, 7) is 2.30. The highest BCUT2D eigenvalue weighted by Crippen LogP contribution is 2.16. The van der Waals surface area contributed by atoms with Crippen molar-refractivity contribution in [2.45, 2.75) is 12.7 Å². The number of halogens is 1. The van der Waals surface area contributed by atoms with Crippen LogP contribution < -0.4 is 0 Å². The smallest absolute Gasteiger partial charge is 0.117 e. The van der Waals surface area contributed by atoms with E-state index in [9.17, 15) is 0 Å². The SMILES string of the molecule is Cc1ccc2nc(CSCCO)[nH]c2c1.Cl. The zero-order chi connectivity index (χ0) is 10.7. The molecule has 3 nitrogen and oxygen atoms in total. The number of fused-ring (bicyclic) bond motifs is 1. The largest absolute Gasteiger partial charge is 0.396 e. The van der Waals surface area contributed by atoms with E-state index < -0.39 is 0 Å². The standard InChI is InChI=1S/C11H14N2OS.ClH/c1-8-2-3-9-10(6-8)13-11(12-9)7-15-5-4-14;/h2-3,6,14H,4-5,7H2,1H3,(H,12,13);1H. The lowest BCUT2D eigenvalue weighted by atomic mass is 10.2. The lowest BCUT2D eigenvalue weighted by molar-refractivity contribution is 0.322. The predicted molar refractivity (Wildman–Crippen MR) is 71.3 cm³/mol. The highest BCUT2D eigenvalue weighted by atomic mass is 35.5. The van der Waals surface area contributed by atoms with Gasteiger partial charge in [-0.25, -0.2) is 4.98 Å². The van der Waals surface area contributed by atoms with Crippen molar-refractivity contribution in [3.05, 3.63) is 29.6 Å². The second-order valence-electron chi connectivity index (χ2n) is 3.48. The van der Waals surface area contributed by atoms with E-state index >= 15 is 0 Å². The van der Waals surface area contributed by atoms with Gasteiger partial charge in [-0.05, 0) is 24.6 Å². The predicted octanol–water partition coefficient (Wildman–Crippen LogP) is 2.52. The molecule has 16 heavy (non-hydrogen) atoms. The average Bonchev–Trinajstić information content (AvgIpc) is 2.60. The molecule has 0 saturated carbocycles. The third-order valence-corrected chi connectivity index (χ3v) is 3.11. The lowest BCUT2D eigenvalue weighted by Crippen LogP contribution is -1.89. The third-order valence-electron chi connectivity index (χ3n) is 2.16. The Morgan fingerprint density at radius 3 is 3.00 bits per heavy atom. The van der Waals surface area contributed by atoms with Gasteiger partial charge < -0.3 is 10.1 Å². The summed E-state index contributed by atoms with van der Waals surface area (Å²) in [6, 6.07) is 6.19. The minimum absolute atomic E-state index is 0. The van der Waals surface area contributed by atoms with Crippen LogP contribution in [-0.2, 0) is 5.75 Å². The molecule has 0 aliphatic rings. The molecule has 0 unspecified atom stereocenters. The fraction of sp³-hybridized carbons (Fsp3) is 0.364. The lowest BCUT2D eigenvalue weighted by Gasteiger charge is -1.93. The summed E-state index contributed by atoms with van der Waals surface area (Å²) in [7, 11) is 0. The van der Waals surface area contributed by atoms with Gasteiger partial charge in [0.05, 0.1) is 23.4 Å². The highest BCUT2D eigenvalue weighted by molar-refractivity contribution is 7.98. The van der Waals surface area contributed by atoms with Crippen LogP contribution in [0.5, 0.6) is 0 Å². The first-order valence-corrected chi connectivity index (χ1v) is 6.09. The Labute approximate surface area is 105 Å². The quantitative estimate of drug-likeness (QED) is 0.829. The van der Waals surface area contributed by atoms with E-state index in [2.05, 4.69) is 29.0 Å². The van der Waals surface area contributed by atoms with Crippen LogP contribution in [0.15, 0.2) is 18.2 Å². The molecule has 88 valence electrons. The Hall–Kier alpha value is -0.710. The molecule has 0 radical (unpaired) electrons. The first-order valence-electron chi connectivity index (χ1n) is 4.93. The highest BCUT2D eigenvalue weighted by Gasteiger charge is 2.02. The molecule has 2 N–H and O–H groups in total. The molecular weight excluding hydrogens is 244 g/mol. The Balaban J connectivity index is 0.00000128. The van der Waals surface area contributed by atoms with Crippen LogP contribution in [-0.4, -0.2) is 27.4 Å². The van der Waals surface area contributed by atoms with Gasteiger partial charge in [0, 0.05) is 5.75 Å². The number of aromatic nitrogens is 2. The molecule has 1 heterocycles. The normalized spacial score (nSPS) is 10.4. The number of nitrogens with zero attached hydrogens (tertiary/aromatic N) is 1. The minimum Gasteiger partial charge on any atom is -0.396 e. The number of aromatic amines is 1. The number of aliphatic hydroxyl groups excluding tert-OH is 1. The maximum absolute atomic E-state index is 8.67. The number of nitrogens with one attached hydrogen (secondary N) is 1. The zero-order valence-corrected chi connectivity index (χ0v) is 10.7. The fourth-order valence-corrected chi connectivity index (χ4v) is 2.08. The molecule has 0 aliphatic heterocycles. The molecule has 1 aromatic carbocycles. The van der Waals surface area contributed by atoms with Crippen LogP contribution in [0.25, 0.3) is 11.0 Å². The zero-order valence-electron chi connectivity index (χ0n) is 9.06. The van der Waals surface area contributed by atoms with Crippen molar-refractivity contribution in [1.82, 2.24) is 9.97 Å². The molecule has 0 bridgehead atoms. The van der Waals surface area contributed by atoms with Gasteiger partial charge in [0.15, 0.2) is 0 Å². The third kappa shape index (κ3) is 3.14. The Kier molecular flexibility index (Phi) is 5.12. The number of benzene rings is 1. The average molecular weight is 259 g/mol. The summed E-state index contributed by atoms with van der Waals surface area (Å²) in [6.07, 6.45) is 0. The van der Waals surface area contributed by atoms with Gasteiger partial charge >= 0.3 is 0 Å². The summed E-state index contributed by atoms with van der Waals surface area (Å²) < 4.78 is 0. The van der Waals surface area contributed by atoms with E-state index in [0.29, 0.717) is 0 Å². The van der Waals surface area contributed by atoms with Gasteiger partial charge in [-0.3, -0.25) is 0 Å². The number of hydrogen-bond donors (Lipinski definition) is 2. The van der Waals surface area contributed by atoms with Crippen molar-refractivity contribution >= 4 is 35.2 Å². The van der Waals surface area contributed by atoms with Crippen LogP contribution in [0.2, 0.25) is 0 Å². The summed E-state index contributed by atoms with van der Waals surface area (Å²) in [4.78, 5) is 7.75. The monoisotopic (exact) mass is 258 g/mol. The molecule has 2 rings (SSSR count). The number of hydrogen-bond acceptors (Lipinski definition) is 3. The summed E-state index contributed by atoms with van der Waals surface area (Å²) in [5.41, 5.74) is 3.34. The summed E-state index contributed by atoms with van der Waals surface area (Å²) >= 11 is 1.68. The van der Waals surface area contributed by atoms with Crippen molar-refractivity contribution in [1.29, 1.82) is 0 Å². The first-order chi connectivity index (χ1) is 7.29. The Morgan fingerprint density at radius 2 is 2.25 bits per heavy atom. The van der Waals surface area contributed by atoms with Crippen molar-refractivity contribution in [3.63, 3.8) is 0 Å². The molecule has 0 amide bonds. The van der Waals surface area contributed by atoms with Crippen LogP contribution in [0, 0.1) is 6.92 Å². The van der Waals surface area contributed by atoms with Crippen molar-refractivity contribution < 1.29 is 5.11 Å². The van der Waals surface area contributed by atoms with Crippen LogP contribution in [0.4, 0.5) is 0 Å². The van der Waals surface area contributed by atoms with E-state index in [4.69, 9.17) is 5.11 Å². The number of H-pyrrole nitrogens is 1. The van der Waals surface area contributed by atoms with E-state index in [0.717, 1.165) is 28.4 Å². The van der Waals surface area contributed by atoms with Gasteiger partial charge in [0.25, 0.3) is 0 Å². The summed E-state index contributed by atoms with van der Waals surface area (Å²) in [5, 5.41) is 8.67. The molecule has 0 fully saturated rings. The van der Waals surface area contributed by atoms with E-state index in [1.165, 1.54) is 5.56 Å². The molecule has 5 heteroatoms. The molecule has 0 aliphatic carbocycles. The van der Waals surface area contributed by atoms with Crippen LogP contribution in [0.3, 0.4) is 0 Å². The molecule has 0 atom stereocenters. The molecule has 0 saturated heterocycles. The number of imidazole rings is 1. The van der Waals surface area contributed by atoms with Gasteiger partial charge in [0.1, 0.15) is 5.82 Å². The van der Waals surface area contributed by atoms with E-state index in [1.807, 2.05) is 6.07 Å². The molecular formula is C11H15ClN2OS. The number of aliphatic hydroxyl groups is 1. The molecule has 0 spiro atoms. The maximum Gasteiger partial charge on any atom is 0.117 e. The van der Waals surface area contributed by atoms with Crippen molar-refractivity contribution in [2.24, 2.45) is 0 Å². The van der Waals surface area contributed by atoms with Gasteiger partial charge in [0.2, 0.25) is 0 Å².